The Morgan fingerprint density at radius 3 is 2.29 bits per heavy atom. The summed E-state index contributed by atoms with van der Waals surface area (Å²) in [7, 11) is 0. The summed E-state index contributed by atoms with van der Waals surface area (Å²) in [4.78, 5) is 41.5. The Hall–Kier alpha value is -1.67. The summed E-state index contributed by atoms with van der Waals surface area (Å²) in [6.45, 7) is 4.05. The fourth-order valence-corrected chi connectivity index (χ4v) is 9.19. The average Bonchev–Trinajstić information content (AvgIpc) is 3.43. The van der Waals surface area contributed by atoms with Crippen LogP contribution in [-0.4, -0.2) is 74.5 Å². The first-order valence-electron chi connectivity index (χ1n) is 13.4. The molecule has 2 heterocycles. The van der Waals surface area contributed by atoms with Gasteiger partial charge >= 0.3 is 17.9 Å². The number of carbonyl (C=O) groups is 3. The fourth-order valence-electron chi connectivity index (χ4n) is 9.19. The molecule has 0 spiro atoms. The van der Waals surface area contributed by atoms with Crippen molar-refractivity contribution in [1.29, 1.82) is 0 Å². The Kier molecular flexibility index (Phi) is 5.20. The Bertz CT molecular complexity index is 841. The van der Waals surface area contributed by atoms with E-state index in [9.17, 15) is 14.4 Å². The molecule has 8 nitrogen and oxygen atoms in total. The number of hydrogen-bond acceptors (Lipinski definition) is 8. The molecule has 0 aromatic heterocycles. The number of nitrogens with zero attached hydrogens (tertiary/aromatic N) is 1. The minimum atomic E-state index is -0.558. The van der Waals surface area contributed by atoms with Crippen molar-refractivity contribution in [3.8, 4) is 0 Å². The van der Waals surface area contributed by atoms with Crippen LogP contribution in [0.4, 0.5) is 0 Å². The summed E-state index contributed by atoms with van der Waals surface area (Å²) >= 11 is 0. The van der Waals surface area contributed by atoms with Gasteiger partial charge in [0, 0.05) is 31.5 Å². The molecule has 6 unspecified atom stereocenters. The molecule has 8 rings (SSSR count). The van der Waals surface area contributed by atoms with Gasteiger partial charge in [-0.3, -0.25) is 19.3 Å². The molecular weight excluding hydrogens is 438 g/mol. The van der Waals surface area contributed by atoms with Crippen molar-refractivity contribution in [3.63, 3.8) is 0 Å². The van der Waals surface area contributed by atoms with E-state index < -0.39 is 17.9 Å². The highest BCUT2D eigenvalue weighted by Crippen LogP contribution is 2.60. The lowest BCUT2D eigenvalue weighted by molar-refractivity contribution is -0.180. The van der Waals surface area contributed by atoms with Gasteiger partial charge in [0.2, 0.25) is 0 Å². The second kappa shape index (κ2) is 8.19. The predicted molar refractivity (Wildman–Crippen MR) is 117 cm³/mol. The van der Waals surface area contributed by atoms with E-state index in [-0.39, 0.29) is 41.8 Å². The molecule has 6 atom stereocenters. The van der Waals surface area contributed by atoms with Crippen LogP contribution in [0.3, 0.4) is 0 Å². The van der Waals surface area contributed by atoms with Gasteiger partial charge < -0.3 is 18.9 Å². The molecule has 6 bridgehead atoms. The van der Waals surface area contributed by atoms with Crippen LogP contribution in [-0.2, 0) is 33.3 Å². The van der Waals surface area contributed by atoms with Crippen molar-refractivity contribution in [1.82, 2.24) is 4.90 Å². The van der Waals surface area contributed by atoms with E-state index in [1.807, 2.05) is 0 Å². The summed E-state index contributed by atoms with van der Waals surface area (Å²) in [5.41, 5.74) is 0. The first-order chi connectivity index (χ1) is 16.6. The molecule has 186 valence electrons. The van der Waals surface area contributed by atoms with Crippen molar-refractivity contribution >= 4 is 17.9 Å². The molecule has 0 amide bonds. The van der Waals surface area contributed by atoms with Crippen LogP contribution in [0, 0.1) is 53.3 Å². The maximum Gasteiger partial charge on any atom is 0.310 e. The van der Waals surface area contributed by atoms with Gasteiger partial charge in [-0.1, -0.05) is 0 Å². The third kappa shape index (κ3) is 3.34. The lowest BCUT2D eigenvalue weighted by atomic mass is 9.52. The molecule has 0 aromatic rings. The molecular formula is C26H35NO7. The molecule has 2 aliphatic heterocycles. The van der Waals surface area contributed by atoms with Gasteiger partial charge in [-0.05, 0) is 62.2 Å². The number of morpholine rings is 1. The Balaban J connectivity index is 1.02. The van der Waals surface area contributed by atoms with Crippen molar-refractivity contribution in [2.45, 2.75) is 50.7 Å². The largest absolute Gasteiger partial charge is 0.464 e. The maximum absolute atomic E-state index is 13.5. The minimum absolute atomic E-state index is 0.0150. The minimum Gasteiger partial charge on any atom is -0.464 e. The second-order valence-electron chi connectivity index (χ2n) is 12.0. The van der Waals surface area contributed by atoms with Crippen LogP contribution in [0.25, 0.3) is 0 Å². The molecule has 6 aliphatic carbocycles. The quantitative estimate of drug-likeness (QED) is 0.425. The molecule has 6 saturated carbocycles. The lowest BCUT2D eigenvalue weighted by Gasteiger charge is -2.53. The van der Waals surface area contributed by atoms with Crippen LogP contribution in [0.2, 0.25) is 0 Å². The van der Waals surface area contributed by atoms with Gasteiger partial charge in [0.25, 0.3) is 0 Å². The SMILES string of the molecule is O=C(OC1C2CC3C1OC(=O)C3C2C(=O)OCCN1CCOCC1)C1C2CC3CC(C2)CC1C3. The number of fused-ring (bicyclic) bond motifs is 1. The van der Waals surface area contributed by atoms with Gasteiger partial charge in [0.05, 0.1) is 31.0 Å². The summed E-state index contributed by atoms with van der Waals surface area (Å²) in [6.07, 6.45) is 5.77. The second-order valence-corrected chi connectivity index (χ2v) is 12.0. The van der Waals surface area contributed by atoms with Crippen LogP contribution in [0.5, 0.6) is 0 Å². The fraction of sp³-hybridized carbons (Fsp3) is 0.885. The molecule has 0 aromatic carbocycles. The van der Waals surface area contributed by atoms with Gasteiger partial charge in [0.1, 0.15) is 18.8 Å². The zero-order valence-electron chi connectivity index (χ0n) is 19.6. The summed E-state index contributed by atoms with van der Waals surface area (Å²) in [6, 6.07) is 0. The topological polar surface area (TPSA) is 91.4 Å². The molecule has 8 aliphatic rings. The van der Waals surface area contributed by atoms with Crippen molar-refractivity contribution in [3.05, 3.63) is 0 Å². The molecule has 0 N–H and O–H groups in total. The zero-order valence-corrected chi connectivity index (χ0v) is 19.6. The Labute approximate surface area is 200 Å². The van der Waals surface area contributed by atoms with E-state index in [1.54, 1.807) is 0 Å². The van der Waals surface area contributed by atoms with Crippen molar-refractivity contribution in [2.24, 2.45) is 53.3 Å². The Morgan fingerprint density at radius 1 is 0.882 bits per heavy atom. The Morgan fingerprint density at radius 2 is 1.59 bits per heavy atom. The number of ether oxygens (including phenoxy) is 4. The van der Waals surface area contributed by atoms with E-state index in [1.165, 1.54) is 6.42 Å². The lowest BCUT2D eigenvalue weighted by Crippen LogP contribution is -2.50. The van der Waals surface area contributed by atoms with E-state index in [0.717, 1.165) is 50.6 Å². The van der Waals surface area contributed by atoms with Crippen molar-refractivity contribution < 1.29 is 33.3 Å². The maximum atomic E-state index is 13.5. The standard InChI is InChI=1S/C26H35NO7/c28-24(32-6-3-27-1-4-31-5-2-27)20-17-12-18-21(20)26(30)34-23(18)22(17)33-25(29)19-15-8-13-7-14(10-15)11-16(19)9-13/h13-23H,1-12H2. The third-order valence-corrected chi connectivity index (χ3v) is 10.3. The van der Waals surface area contributed by atoms with E-state index in [2.05, 4.69) is 4.90 Å². The van der Waals surface area contributed by atoms with Gasteiger partial charge in [-0.25, -0.2) is 0 Å². The normalized spacial score (nSPS) is 48.2. The highest BCUT2D eigenvalue weighted by atomic mass is 16.6. The first-order valence-corrected chi connectivity index (χ1v) is 13.4. The number of esters is 3. The zero-order chi connectivity index (χ0) is 23.0. The predicted octanol–water partition coefficient (Wildman–Crippen LogP) is 1.65. The smallest absolute Gasteiger partial charge is 0.310 e. The number of carbonyl (C=O) groups excluding carboxylic acids is 3. The van der Waals surface area contributed by atoms with Gasteiger partial charge in [-0.2, -0.15) is 0 Å². The highest BCUT2D eigenvalue weighted by Gasteiger charge is 2.70. The van der Waals surface area contributed by atoms with E-state index >= 15 is 0 Å². The molecule has 8 fully saturated rings. The van der Waals surface area contributed by atoms with Crippen LogP contribution < -0.4 is 0 Å². The van der Waals surface area contributed by atoms with Crippen molar-refractivity contribution in [2.75, 3.05) is 39.5 Å². The monoisotopic (exact) mass is 473 g/mol. The van der Waals surface area contributed by atoms with E-state index in [0.29, 0.717) is 44.6 Å². The molecule has 34 heavy (non-hydrogen) atoms. The van der Waals surface area contributed by atoms with E-state index in [4.69, 9.17) is 18.9 Å². The summed E-state index contributed by atoms with van der Waals surface area (Å²) in [5.74, 6) is 0.491. The number of rotatable bonds is 6. The summed E-state index contributed by atoms with van der Waals surface area (Å²) < 4.78 is 22.9. The highest BCUT2D eigenvalue weighted by molar-refractivity contribution is 5.86. The molecule has 2 saturated heterocycles. The summed E-state index contributed by atoms with van der Waals surface area (Å²) in [5, 5.41) is 0. The third-order valence-electron chi connectivity index (χ3n) is 10.3. The van der Waals surface area contributed by atoms with Gasteiger partial charge in [0.15, 0.2) is 0 Å². The first kappa shape index (κ1) is 21.6. The molecule has 0 radical (unpaired) electrons. The van der Waals surface area contributed by atoms with Gasteiger partial charge in [-0.15, -0.1) is 0 Å². The molecule has 8 heteroatoms. The van der Waals surface area contributed by atoms with Crippen LogP contribution >= 0.6 is 0 Å². The van der Waals surface area contributed by atoms with Crippen LogP contribution in [0.1, 0.15) is 38.5 Å². The number of hydrogen-bond donors (Lipinski definition) is 0. The average molecular weight is 474 g/mol. The van der Waals surface area contributed by atoms with Crippen LogP contribution in [0.15, 0.2) is 0 Å².